The van der Waals surface area contributed by atoms with Gasteiger partial charge in [-0.15, -0.1) is 0 Å². The Hall–Kier alpha value is -0.175. The summed E-state index contributed by atoms with van der Waals surface area (Å²) in [5.74, 6) is 0. The molecule has 16 heavy (non-hydrogen) atoms. The van der Waals surface area contributed by atoms with Gasteiger partial charge in [0.15, 0.2) is 0 Å². The van der Waals surface area contributed by atoms with Gasteiger partial charge in [0.2, 0.25) is 0 Å². The second kappa shape index (κ2) is 14.8. The Bertz CT molecular complexity index is 110. The minimum absolute atomic E-state index is 0.0451. The fraction of sp³-hybridized carbons (Fsp3) is 1.00. The SMILES string of the molecule is CC(C)(CO)CO.CCCCO.OB(O)O. The predicted molar refractivity (Wildman–Crippen MR) is 62.4 cm³/mol. The Balaban J connectivity index is -0.000000166. The second-order valence-corrected chi connectivity index (χ2v) is 3.90. The third-order valence-electron chi connectivity index (χ3n) is 1.37. The van der Waals surface area contributed by atoms with E-state index >= 15 is 0 Å². The maximum Gasteiger partial charge on any atom is 0.631 e. The molecule has 0 aromatic rings. The van der Waals surface area contributed by atoms with Crippen LogP contribution in [-0.4, -0.2) is 57.5 Å². The lowest BCUT2D eigenvalue weighted by Crippen LogP contribution is -2.20. The molecule has 0 bridgehead atoms. The van der Waals surface area contributed by atoms with Crippen LogP contribution in [0, 0.1) is 5.41 Å². The zero-order valence-corrected chi connectivity index (χ0v) is 10.3. The van der Waals surface area contributed by atoms with E-state index in [1.807, 2.05) is 0 Å². The van der Waals surface area contributed by atoms with Crippen LogP contribution in [0.15, 0.2) is 0 Å². The molecule has 0 heterocycles. The standard InChI is InChI=1S/C5H12O2.C4H10O.BH3O3/c1-5(2,3-6)4-7;1-2-3-4-5;2-1(3)4/h6-7H,3-4H2,1-2H3;5H,2-4H2,1H3;2-4H. The van der Waals surface area contributed by atoms with Crippen LogP contribution in [0.4, 0.5) is 0 Å². The summed E-state index contributed by atoms with van der Waals surface area (Å²) < 4.78 is 0. The summed E-state index contributed by atoms with van der Waals surface area (Å²) in [6, 6.07) is 0. The number of aliphatic hydroxyl groups is 3. The predicted octanol–water partition coefficient (Wildman–Crippen LogP) is -1.28. The number of hydrogen-bond donors (Lipinski definition) is 6. The Kier molecular flexibility index (Phi) is 19.6. The molecule has 6 nitrogen and oxygen atoms in total. The van der Waals surface area contributed by atoms with E-state index in [1.165, 1.54) is 0 Å². The maximum atomic E-state index is 8.43. The molecule has 0 amide bonds. The largest absolute Gasteiger partial charge is 0.631 e. The van der Waals surface area contributed by atoms with Crippen molar-refractivity contribution in [2.24, 2.45) is 5.41 Å². The first kappa shape index (κ1) is 21.1. The molecule has 0 aliphatic heterocycles. The average Bonchev–Trinajstić information content (AvgIpc) is 2.19. The van der Waals surface area contributed by atoms with Gasteiger partial charge in [0.25, 0.3) is 0 Å². The highest BCUT2D eigenvalue weighted by molar-refractivity contribution is 6.30. The van der Waals surface area contributed by atoms with Crippen molar-refractivity contribution in [3.05, 3.63) is 0 Å². The van der Waals surface area contributed by atoms with Crippen molar-refractivity contribution < 1.29 is 30.4 Å². The van der Waals surface area contributed by atoms with Gasteiger partial charge in [0.1, 0.15) is 0 Å². The summed E-state index contributed by atoms with van der Waals surface area (Å²) in [5.41, 5.74) is -0.306. The van der Waals surface area contributed by atoms with Crippen molar-refractivity contribution in [2.75, 3.05) is 19.8 Å². The van der Waals surface area contributed by atoms with Crippen LogP contribution in [0.1, 0.15) is 33.6 Å². The van der Waals surface area contributed by atoms with Crippen molar-refractivity contribution in [3.8, 4) is 0 Å². The molecule has 7 heteroatoms. The van der Waals surface area contributed by atoms with Crippen LogP contribution in [0.25, 0.3) is 0 Å². The maximum absolute atomic E-state index is 8.43. The molecule has 0 saturated heterocycles. The molecular weight excluding hydrogens is 215 g/mol. The quantitative estimate of drug-likeness (QED) is 0.340. The van der Waals surface area contributed by atoms with Crippen LogP contribution in [0.5, 0.6) is 0 Å². The van der Waals surface area contributed by atoms with Gasteiger partial charge in [-0.1, -0.05) is 27.2 Å². The topological polar surface area (TPSA) is 121 Å². The number of rotatable bonds is 4. The summed E-state index contributed by atoms with van der Waals surface area (Å²) in [7, 11) is -2.17. The summed E-state index contributed by atoms with van der Waals surface area (Å²) in [6.45, 7) is 6.08. The van der Waals surface area contributed by atoms with Crippen molar-refractivity contribution in [1.82, 2.24) is 0 Å². The van der Waals surface area contributed by atoms with E-state index < -0.39 is 7.32 Å². The molecule has 6 N–H and O–H groups in total. The zero-order chi connectivity index (χ0) is 13.6. The van der Waals surface area contributed by atoms with Crippen LogP contribution in [0.3, 0.4) is 0 Å². The first-order chi connectivity index (χ1) is 7.27. The number of hydrogen-bond acceptors (Lipinski definition) is 6. The summed E-state index contributed by atoms with van der Waals surface area (Å²) >= 11 is 0. The molecule has 0 atom stereocenters. The monoisotopic (exact) mass is 240 g/mol. The third kappa shape index (κ3) is 37.1. The van der Waals surface area contributed by atoms with E-state index in [0.717, 1.165) is 12.8 Å². The highest BCUT2D eigenvalue weighted by Gasteiger charge is 2.13. The van der Waals surface area contributed by atoms with Gasteiger partial charge in [0.05, 0.1) is 13.2 Å². The summed E-state index contributed by atoms with van der Waals surface area (Å²) in [6.07, 6.45) is 2.04. The number of aliphatic hydroxyl groups excluding tert-OH is 3. The lowest BCUT2D eigenvalue weighted by molar-refractivity contribution is 0.0857. The lowest BCUT2D eigenvalue weighted by Gasteiger charge is -2.16. The Morgan fingerprint density at radius 2 is 1.25 bits per heavy atom. The van der Waals surface area contributed by atoms with Gasteiger partial charge in [-0.05, 0) is 6.42 Å². The van der Waals surface area contributed by atoms with Gasteiger partial charge >= 0.3 is 7.32 Å². The van der Waals surface area contributed by atoms with Crippen LogP contribution >= 0.6 is 0 Å². The minimum Gasteiger partial charge on any atom is -0.402 e. The van der Waals surface area contributed by atoms with E-state index in [2.05, 4.69) is 6.92 Å². The average molecular weight is 240 g/mol. The summed E-state index contributed by atoms with van der Waals surface area (Å²) in [5, 5.41) is 46.4. The van der Waals surface area contributed by atoms with Crippen molar-refractivity contribution >= 4 is 7.32 Å². The van der Waals surface area contributed by atoms with Crippen LogP contribution in [0.2, 0.25) is 0 Å². The zero-order valence-electron chi connectivity index (χ0n) is 10.3. The van der Waals surface area contributed by atoms with Gasteiger partial charge in [-0.3, -0.25) is 0 Å². The molecule has 0 radical (unpaired) electrons. The molecule has 0 rings (SSSR count). The van der Waals surface area contributed by atoms with E-state index in [0.29, 0.717) is 6.61 Å². The molecule has 0 aliphatic carbocycles. The highest BCUT2D eigenvalue weighted by Crippen LogP contribution is 2.10. The van der Waals surface area contributed by atoms with Crippen molar-refractivity contribution in [3.63, 3.8) is 0 Å². The third-order valence-corrected chi connectivity index (χ3v) is 1.37. The van der Waals surface area contributed by atoms with E-state index in [4.69, 9.17) is 30.4 Å². The molecule has 0 aromatic heterocycles. The minimum atomic E-state index is -2.17. The lowest BCUT2D eigenvalue weighted by atomic mass is 9.97. The first-order valence-corrected chi connectivity index (χ1v) is 5.14. The van der Waals surface area contributed by atoms with Crippen molar-refractivity contribution in [2.45, 2.75) is 33.6 Å². The van der Waals surface area contributed by atoms with E-state index in [-0.39, 0.29) is 18.6 Å². The van der Waals surface area contributed by atoms with Gasteiger partial charge in [-0.25, -0.2) is 0 Å². The van der Waals surface area contributed by atoms with E-state index in [1.54, 1.807) is 13.8 Å². The molecule has 100 valence electrons. The normalized spacial score (nSPS) is 9.56. The van der Waals surface area contributed by atoms with Gasteiger partial charge in [0, 0.05) is 12.0 Å². The smallest absolute Gasteiger partial charge is 0.402 e. The van der Waals surface area contributed by atoms with E-state index in [9.17, 15) is 0 Å². The van der Waals surface area contributed by atoms with Crippen molar-refractivity contribution in [1.29, 1.82) is 0 Å². The highest BCUT2D eigenvalue weighted by atomic mass is 16.5. The Morgan fingerprint density at radius 1 is 0.938 bits per heavy atom. The van der Waals surface area contributed by atoms with Crippen LogP contribution < -0.4 is 0 Å². The first-order valence-electron chi connectivity index (χ1n) is 5.14. The Labute approximate surface area is 97.4 Å². The second-order valence-electron chi connectivity index (χ2n) is 3.90. The molecule has 0 aliphatic rings. The Morgan fingerprint density at radius 3 is 1.25 bits per heavy atom. The summed E-state index contributed by atoms with van der Waals surface area (Å²) in [4.78, 5) is 0. The molecule has 0 unspecified atom stereocenters. The molecule has 0 saturated carbocycles. The molecule has 0 aromatic carbocycles. The van der Waals surface area contributed by atoms with Crippen LogP contribution in [-0.2, 0) is 0 Å². The molecule has 0 fully saturated rings. The van der Waals surface area contributed by atoms with Gasteiger partial charge in [-0.2, -0.15) is 0 Å². The number of unbranched alkanes of at least 4 members (excludes halogenated alkanes) is 1. The molecule has 0 spiro atoms. The fourth-order valence-corrected chi connectivity index (χ4v) is 0.208. The van der Waals surface area contributed by atoms with Gasteiger partial charge < -0.3 is 30.4 Å². The fourth-order valence-electron chi connectivity index (χ4n) is 0.208. The molecular formula is C9H25BO6.